The molecule has 2 aliphatic heterocycles. The number of ketones is 1. The summed E-state index contributed by atoms with van der Waals surface area (Å²) in [5.74, 6) is -0.789. The van der Waals surface area contributed by atoms with Gasteiger partial charge in [0.1, 0.15) is 17.5 Å². The van der Waals surface area contributed by atoms with E-state index in [1.807, 2.05) is 35.2 Å². The summed E-state index contributed by atoms with van der Waals surface area (Å²) < 4.78 is 45.3. The zero-order valence-electron chi connectivity index (χ0n) is 20.6. The number of hydrogen-bond donors (Lipinski definition) is 1. The molecule has 0 aliphatic carbocycles. The number of benzene rings is 3. The Morgan fingerprint density at radius 3 is 2.35 bits per heavy atom. The maximum Gasteiger partial charge on any atom is 0.190 e. The maximum absolute atomic E-state index is 14.3. The summed E-state index contributed by atoms with van der Waals surface area (Å²) in [7, 11) is -3.62. The molecule has 2 saturated heterocycles. The number of nitrogens with two attached hydrogens (primary N) is 1. The van der Waals surface area contributed by atoms with E-state index in [9.17, 15) is 17.6 Å². The Hall–Kier alpha value is -3.27. The Kier molecular flexibility index (Phi) is 6.78. The molecule has 2 aliphatic rings. The van der Waals surface area contributed by atoms with Crippen LogP contribution in [-0.4, -0.2) is 63.7 Å². The van der Waals surface area contributed by atoms with Crippen molar-refractivity contribution in [2.24, 2.45) is 0 Å². The second-order valence-corrected chi connectivity index (χ2v) is 11.6. The molecular weight excluding hydrogens is 493 g/mol. The van der Waals surface area contributed by atoms with Gasteiger partial charge in [-0.3, -0.25) is 9.69 Å². The van der Waals surface area contributed by atoms with Gasteiger partial charge in [0, 0.05) is 37.4 Å². The number of halogens is 1. The molecule has 0 saturated carbocycles. The van der Waals surface area contributed by atoms with E-state index in [2.05, 4.69) is 4.90 Å². The summed E-state index contributed by atoms with van der Waals surface area (Å²) in [6.07, 6.45) is -0.322. The van der Waals surface area contributed by atoms with Crippen LogP contribution >= 0.6 is 0 Å². The Labute approximate surface area is 216 Å². The van der Waals surface area contributed by atoms with Crippen LogP contribution in [0.25, 0.3) is 0 Å². The van der Waals surface area contributed by atoms with Gasteiger partial charge in [-0.1, -0.05) is 49.4 Å². The highest BCUT2D eigenvalue weighted by atomic mass is 32.2. The van der Waals surface area contributed by atoms with Crippen molar-refractivity contribution in [2.45, 2.75) is 23.5 Å². The zero-order chi connectivity index (χ0) is 26.2. The number of sulfone groups is 1. The first-order valence-corrected chi connectivity index (χ1v) is 14.0. The first kappa shape index (κ1) is 25.4. The number of carbonyl (C=O) groups excluding carboxylic acids is 1. The summed E-state index contributed by atoms with van der Waals surface area (Å²) in [6.45, 7) is 3.89. The molecule has 2 fully saturated rings. The first-order valence-electron chi connectivity index (χ1n) is 12.4. The van der Waals surface area contributed by atoms with Crippen molar-refractivity contribution >= 4 is 27.0 Å². The monoisotopic (exact) mass is 523 g/mol. The molecule has 3 aromatic carbocycles. The molecule has 0 amide bonds. The smallest absolute Gasteiger partial charge is 0.190 e. The Morgan fingerprint density at radius 1 is 1.03 bits per heavy atom. The molecule has 194 valence electrons. The SMILES string of the molecule is CCS(=O)(=O)c1cc(F)ccc1N1CCN(C(C(=O)c2cccc(N)c2)(c2ccccc2)C2CO2)CC1. The molecular formula is C28H30FN3O4S. The molecule has 0 aromatic heterocycles. The van der Waals surface area contributed by atoms with Crippen molar-refractivity contribution in [3.8, 4) is 0 Å². The predicted molar refractivity (Wildman–Crippen MR) is 141 cm³/mol. The van der Waals surface area contributed by atoms with Crippen molar-refractivity contribution < 1.29 is 22.3 Å². The molecule has 0 bridgehead atoms. The number of ether oxygens (including phenoxy) is 1. The maximum atomic E-state index is 14.3. The highest BCUT2D eigenvalue weighted by Crippen LogP contribution is 2.43. The molecule has 0 spiro atoms. The minimum Gasteiger partial charge on any atom is -0.399 e. The van der Waals surface area contributed by atoms with Gasteiger partial charge in [0.05, 0.1) is 22.9 Å². The molecule has 2 heterocycles. The number of nitrogen functional groups attached to an aromatic ring is 1. The van der Waals surface area contributed by atoms with E-state index >= 15 is 0 Å². The van der Waals surface area contributed by atoms with Gasteiger partial charge in [-0.15, -0.1) is 0 Å². The zero-order valence-corrected chi connectivity index (χ0v) is 21.5. The third-order valence-corrected chi connectivity index (χ3v) is 9.02. The molecule has 0 radical (unpaired) electrons. The van der Waals surface area contributed by atoms with Gasteiger partial charge in [-0.05, 0) is 35.9 Å². The average molecular weight is 524 g/mol. The van der Waals surface area contributed by atoms with Crippen molar-refractivity contribution in [3.63, 3.8) is 0 Å². The standard InChI is InChI=1S/C28H30FN3O4S/c1-2-37(34,35)25-18-22(29)11-12-24(25)31-13-15-32(16-14-31)28(26-19-36-26,21-8-4-3-5-9-21)27(33)20-7-6-10-23(30)17-20/h3-12,17-18,26H,2,13-16,19,30H2,1H3. The quantitative estimate of drug-likeness (QED) is 0.274. The highest BCUT2D eigenvalue weighted by Gasteiger charge is 2.58. The number of Topliss-reactive ketones (excluding diaryl/α,β-unsaturated/α-hetero) is 1. The number of carbonyl (C=O) groups is 1. The van der Waals surface area contributed by atoms with Crippen LogP contribution < -0.4 is 10.6 Å². The summed E-state index contributed by atoms with van der Waals surface area (Å²) in [4.78, 5) is 18.4. The van der Waals surface area contributed by atoms with Crippen molar-refractivity contribution in [1.29, 1.82) is 0 Å². The number of epoxide rings is 1. The summed E-state index contributed by atoms with van der Waals surface area (Å²) >= 11 is 0. The van der Waals surface area contributed by atoms with Gasteiger partial charge in [0.15, 0.2) is 15.6 Å². The van der Waals surface area contributed by atoms with E-state index in [4.69, 9.17) is 10.5 Å². The fraction of sp³-hybridized carbons (Fsp3) is 0.321. The van der Waals surface area contributed by atoms with E-state index in [1.54, 1.807) is 31.2 Å². The van der Waals surface area contributed by atoms with Gasteiger partial charge in [-0.2, -0.15) is 0 Å². The van der Waals surface area contributed by atoms with Gasteiger partial charge >= 0.3 is 0 Å². The third kappa shape index (κ3) is 4.63. The topological polar surface area (TPSA) is 96.2 Å². The van der Waals surface area contributed by atoms with Crippen LogP contribution in [-0.2, 0) is 20.1 Å². The normalized spacial score (nSPS) is 19.8. The molecule has 37 heavy (non-hydrogen) atoms. The van der Waals surface area contributed by atoms with Gasteiger partial charge < -0.3 is 15.4 Å². The van der Waals surface area contributed by atoms with E-state index < -0.39 is 21.2 Å². The van der Waals surface area contributed by atoms with Crippen molar-refractivity contribution in [1.82, 2.24) is 4.90 Å². The fourth-order valence-corrected chi connectivity index (χ4v) is 6.45. The summed E-state index contributed by atoms with van der Waals surface area (Å²) in [6, 6.07) is 20.5. The lowest BCUT2D eigenvalue weighted by atomic mass is 9.77. The number of piperazine rings is 1. The molecule has 3 aromatic rings. The van der Waals surface area contributed by atoms with E-state index in [1.165, 1.54) is 12.1 Å². The molecule has 2 N–H and O–H groups in total. The van der Waals surface area contributed by atoms with E-state index in [0.29, 0.717) is 49.7 Å². The minimum absolute atomic E-state index is 0.000800. The predicted octanol–water partition coefficient (Wildman–Crippen LogP) is 3.50. The van der Waals surface area contributed by atoms with Crippen LogP contribution in [0.2, 0.25) is 0 Å². The van der Waals surface area contributed by atoms with Crippen LogP contribution in [0.5, 0.6) is 0 Å². The van der Waals surface area contributed by atoms with Gasteiger partial charge in [0.2, 0.25) is 0 Å². The number of hydrogen-bond acceptors (Lipinski definition) is 7. The summed E-state index contributed by atoms with van der Waals surface area (Å²) in [5.41, 5.74) is 7.32. The molecule has 2 atom stereocenters. The largest absolute Gasteiger partial charge is 0.399 e. The van der Waals surface area contributed by atoms with Crippen LogP contribution in [0.1, 0.15) is 22.8 Å². The third-order valence-electron chi connectivity index (χ3n) is 7.26. The number of rotatable bonds is 8. The van der Waals surface area contributed by atoms with Crippen molar-refractivity contribution in [3.05, 3.63) is 89.7 Å². The first-order chi connectivity index (χ1) is 17.8. The van der Waals surface area contributed by atoms with Gasteiger partial charge in [0.25, 0.3) is 0 Å². The molecule has 2 unspecified atom stereocenters. The highest BCUT2D eigenvalue weighted by molar-refractivity contribution is 7.91. The van der Waals surface area contributed by atoms with E-state index in [-0.39, 0.29) is 22.5 Å². The molecule has 7 nitrogen and oxygen atoms in total. The average Bonchev–Trinajstić information content (AvgIpc) is 3.76. The second kappa shape index (κ2) is 9.89. The lowest BCUT2D eigenvalue weighted by molar-refractivity contribution is 0.0371. The second-order valence-electron chi connectivity index (χ2n) is 9.40. The lowest BCUT2D eigenvalue weighted by Crippen LogP contribution is -2.61. The minimum atomic E-state index is -3.62. The lowest BCUT2D eigenvalue weighted by Gasteiger charge is -2.47. The Balaban J connectivity index is 1.52. The van der Waals surface area contributed by atoms with Crippen LogP contribution in [0.4, 0.5) is 15.8 Å². The summed E-state index contributed by atoms with van der Waals surface area (Å²) in [5, 5.41) is 0. The van der Waals surface area contributed by atoms with E-state index in [0.717, 1.165) is 11.6 Å². The van der Waals surface area contributed by atoms with Crippen molar-refractivity contribution in [2.75, 3.05) is 49.2 Å². The number of nitrogens with zero attached hydrogens (tertiary/aromatic N) is 2. The molecule has 5 rings (SSSR count). The van der Waals surface area contributed by atoms with Crippen LogP contribution in [0, 0.1) is 5.82 Å². The Bertz CT molecular complexity index is 1400. The fourth-order valence-electron chi connectivity index (χ4n) is 5.33. The number of anilines is 2. The van der Waals surface area contributed by atoms with Crippen LogP contribution in [0.15, 0.2) is 77.7 Å². The van der Waals surface area contributed by atoms with Gasteiger partial charge in [-0.25, -0.2) is 12.8 Å². The van der Waals surface area contributed by atoms with Crippen LogP contribution in [0.3, 0.4) is 0 Å². The molecule has 9 heteroatoms. The Morgan fingerprint density at radius 2 is 1.73 bits per heavy atom.